The molecule has 0 heterocycles. The minimum Gasteiger partial charge on any atom is -0.493 e. The number of hydrogen-bond acceptors (Lipinski definition) is 6. The third kappa shape index (κ3) is 8.29. The van der Waals surface area contributed by atoms with Crippen LogP contribution in [-0.2, 0) is 16.0 Å². The quantitative estimate of drug-likeness (QED) is 0.297. The summed E-state index contributed by atoms with van der Waals surface area (Å²) >= 11 is 0. The van der Waals surface area contributed by atoms with Crippen LogP contribution < -0.4 is 20.2 Å². The average molecular weight is 442 g/mol. The van der Waals surface area contributed by atoms with Crippen LogP contribution in [-0.4, -0.2) is 44.6 Å². The zero-order valence-electron chi connectivity index (χ0n) is 18.8. The second-order valence-corrected chi connectivity index (χ2v) is 6.95. The van der Waals surface area contributed by atoms with Crippen molar-refractivity contribution in [2.75, 3.05) is 20.3 Å². The molecule has 172 valence electrons. The van der Waals surface area contributed by atoms with E-state index in [9.17, 15) is 9.59 Å². The minimum absolute atomic E-state index is 0.212. The number of carbonyl (C=O) groups excluding carboxylic acids is 2. The van der Waals surface area contributed by atoms with Gasteiger partial charge in [-0.2, -0.15) is 5.10 Å². The Hall–Kier alpha value is -3.55. The number of unbranched alkanes of at least 4 members (excludes halogenated alkanes) is 1. The third-order valence-electron chi connectivity index (χ3n) is 4.50. The maximum absolute atomic E-state index is 12.7. The molecule has 0 bridgehead atoms. The molecule has 2 N–H and O–H groups in total. The summed E-state index contributed by atoms with van der Waals surface area (Å²) in [5.74, 6) is 0.788. The standard InChI is InChI=1S/C24H31N3O5/c1-4-6-14-32-21-13-12-19(16-22(21)30-3)17-25-27-23(28)20(26-24(29)31-5-2)15-18-10-8-7-9-11-18/h7-13,16-17,20H,4-6,14-15H2,1-3H3,(H,26,29)(H,27,28)/b25-17-/t20-/m1/s1. The lowest BCUT2D eigenvalue weighted by molar-refractivity contribution is -0.123. The molecule has 0 unspecified atom stereocenters. The molecule has 2 rings (SSSR count). The van der Waals surface area contributed by atoms with E-state index in [2.05, 4.69) is 22.8 Å². The molecule has 32 heavy (non-hydrogen) atoms. The van der Waals surface area contributed by atoms with Crippen molar-refractivity contribution in [2.45, 2.75) is 39.2 Å². The van der Waals surface area contributed by atoms with Crippen molar-refractivity contribution in [1.29, 1.82) is 0 Å². The lowest BCUT2D eigenvalue weighted by atomic mass is 10.1. The van der Waals surface area contributed by atoms with E-state index >= 15 is 0 Å². The Kier molecular flexibility index (Phi) is 10.6. The van der Waals surface area contributed by atoms with Crippen LogP contribution in [0, 0.1) is 0 Å². The molecular formula is C24H31N3O5. The Bertz CT molecular complexity index is 886. The third-order valence-corrected chi connectivity index (χ3v) is 4.50. The summed E-state index contributed by atoms with van der Waals surface area (Å²) in [5.41, 5.74) is 4.11. The Morgan fingerprint density at radius 1 is 1.09 bits per heavy atom. The molecule has 0 spiro atoms. The van der Waals surface area contributed by atoms with Gasteiger partial charge in [0.2, 0.25) is 0 Å². The molecule has 8 nitrogen and oxygen atoms in total. The van der Waals surface area contributed by atoms with E-state index in [0.29, 0.717) is 24.5 Å². The van der Waals surface area contributed by atoms with Gasteiger partial charge in [0.1, 0.15) is 6.04 Å². The Balaban J connectivity index is 2.03. The molecule has 0 aliphatic rings. The minimum atomic E-state index is -0.836. The molecular weight excluding hydrogens is 410 g/mol. The highest BCUT2D eigenvalue weighted by Gasteiger charge is 2.21. The van der Waals surface area contributed by atoms with Gasteiger partial charge in [0, 0.05) is 6.42 Å². The van der Waals surface area contributed by atoms with Crippen molar-refractivity contribution in [1.82, 2.24) is 10.7 Å². The van der Waals surface area contributed by atoms with E-state index in [4.69, 9.17) is 14.2 Å². The van der Waals surface area contributed by atoms with Crippen LogP contribution in [0.2, 0.25) is 0 Å². The first-order valence-electron chi connectivity index (χ1n) is 10.7. The van der Waals surface area contributed by atoms with Gasteiger partial charge >= 0.3 is 6.09 Å². The van der Waals surface area contributed by atoms with E-state index in [1.165, 1.54) is 6.21 Å². The van der Waals surface area contributed by atoms with Crippen LogP contribution in [0.4, 0.5) is 4.79 Å². The number of ether oxygens (including phenoxy) is 3. The number of hydrazone groups is 1. The summed E-state index contributed by atoms with van der Waals surface area (Å²) in [6.45, 7) is 4.63. The van der Waals surface area contributed by atoms with Crippen LogP contribution in [0.5, 0.6) is 11.5 Å². The lowest BCUT2D eigenvalue weighted by Crippen LogP contribution is -2.47. The van der Waals surface area contributed by atoms with Crippen molar-refractivity contribution < 1.29 is 23.8 Å². The van der Waals surface area contributed by atoms with Crippen LogP contribution in [0.1, 0.15) is 37.8 Å². The van der Waals surface area contributed by atoms with Gasteiger partial charge in [-0.05, 0) is 42.7 Å². The number of carbonyl (C=O) groups is 2. The summed E-state index contributed by atoms with van der Waals surface area (Å²) < 4.78 is 16.0. The summed E-state index contributed by atoms with van der Waals surface area (Å²) in [7, 11) is 1.57. The lowest BCUT2D eigenvalue weighted by Gasteiger charge is -2.16. The smallest absolute Gasteiger partial charge is 0.407 e. The number of methoxy groups -OCH3 is 1. The van der Waals surface area contributed by atoms with Crippen LogP contribution in [0.15, 0.2) is 53.6 Å². The first kappa shape index (κ1) is 24.7. The summed E-state index contributed by atoms with van der Waals surface area (Å²) in [5, 5.41) is 6.61. The number of amides is 2. The van der Waals surface area contributed by atoms with E-state index in [1.54, 1.807) is 26.2 Å². The van der Waals surface area contributed by atoms with E-state index in [-0.39, 0.29) is 6.61 Å². The van der Waals surface area contributed by atoms with Crippen molar-refractivity contribution in [3.63, 3.8) is 0 Å². The highest BCUT2D eigenvalue weighted by molar-refractivity contribution is 5.87. The normalized spacial score (nSPS) is 11.6. The monoisotopic (exact) mass is 441 g/mol. The molecule has 0 saturated carbocycles. The van der Waals surface area contributed by atoms with Crippen molar-refractivity contribution in [3.8, 4) is 11.5 Å². The molecule has 0 fully saturated rings. The largest absolute Gasteiger partial charge is 0.493 e. The van der Waals surface area contributed by atoms with Gasteiger partial charge < -0.3 is 19.5 Å². The molecule has 2 amide bonds. The van der Waals surface area contributed by atoms with Gasteiger partial charge in [0.15, 0.2) is 11.5 Å². The number of hydrogen-bond donors (Lipinski definition) is 2. The second-order valence-electron chi connectivity index (χ2n) is 6.95. The molecule has 0 aliphatic heterocycles. The first-order chi connectivity index (χ1) is 15.6. The topological polar surface area (TPSA) is 98.2 Å². The second kappa shape index (κ2) is 13.7. The van der Waals surface area contributed by atoms with Crippen molar-refractivity contribution in [2.24, 2.45) is 5.10 Å². The zero-order chi connectivity index (χ0) is 23.2. The number of nitrogens with one attached hydrogen (secondary N) is 2. The predicted octanol–water partition coefficient (Wildman–Crippen LogP) is 3.68. The van der Waals surface area contributed by atoms with E-state index in [0.717, 1.165) is 24.0 Å². The van der Waals surface area contributed by atoms with Crippen LogP contribution >= 0.6 is 0 Å². The number of alkyl carbamates (subject to hydrolysis) is 1. The average Bonchev–Trinajstić information content (AvgIpc) is 2.80. The SMILES string of the molecule is CCCCOc1ccc(/C=N\NC(=O)[C@@H](Cc2ccccc2)NC(=O)OCC)cc1OC. The van der Waals surface area contributed by atoms with Gasteiger partial charge in [-0.15, -0.1) is 0 Å². The first-order valence-corrected chi connectivity index (χ1v) is 10.7. The molecule has 1 atom stereocenters. The summed E-state index contributed by atoms with van der Waals surface area (Å²) in [6, 6.07) is 13.9. The van der Waals surface area contributed by atoms with Crippen LogP contribution in [0.25, 0.3) is 0 Å². The molecule has 0 aromatic heterocycles. The van der Waals surface area contributed by atoms with Crippen molar-refractivity contribution in [3.05, 3.63) is 59.7 Å². The Labute approximate surface area is 188 Å². The number of benzene rings is 2. The molecule has 0 radical (unpaired) electrons. The van der Waals surface area contributed by atoms with Gasteiger partial charge in [-0.1, -0.05) is 43.7 Å². The van der Waals surface area contributed by atoms with E-state index in [1.807, 2.05) is 36.4 Å². The van der Waals surface area contributed by atoms with E-state index < -0.39 is 18.0 Å². The number of nitrogens with zero attached hydrogens (tertiary/aromatic N) is 1. The highest BCUT2D eigenvalue weighted by Crippen LogP contribution is 2.27. The molecule has 0 saturated heterocycles. The van der Waals surface area contributed by atoms with Crippen LogP contribution in [0.3, 0.4) is 0 Å². The molecule has 0 aliphatic carbocycles. The predicted molar refractivity (Wildman–Crippen MR) is 123 cm³/mol. The fourth-order valence-corrected chi connectivity index (χ4v) is 2.83. The van der Waals surface area contributed by atoms with Crippen molar-refractivity contribution >= 4 is 18.2 Å². The van der Waals surface area contributed by atoms with Gasteiger partial charge in [0.25, 0.3) is 5.91 Å². The highest BCUT2D eigenvalue weighted by atomic mass is 16.5. The maximum Gasteiger partial charge on any atom is 0.407 e. The zero-order valence-corrected chi connectivity index (χ0v) is 18.8. The maximum atomic E-state index is 12.7. The van der Waals surface area contributed by atoms with Gasteiger partial charge in [-0.3, -0.25) is 4.79 Å². The molecule has 2 aromatic rings. The fraction of sp³-hybridized carbons (Fsp3) is 0.375. The Morgan fingerprint density at radius 2 is 1.88 bits per heavy atom. The van der Waals surface area contributed by atoms with Gasteiger partial charge in [0.05, 0.1) is 26.5 Å². The summed E-state index contributed by atoms with van der Waals surface area (Å²) in [4.78, 5) is 24.5. The number of rotatable bonds is 12. The Morgan fingerprint density at radius 3 is 2.56 bits per heavy atom. The summed E-state index contributed by atoms with van der Waals surface area (Å²) in [6.07, 6.45) is 3.15. The van der Waals surface area contributed by atoms with Gasteiger partial charge in [-0.25, -0.2) is 10.2 Å². The fourth-order valence-electron chi connectivity index (χ4n) is 2.83. The molecule has 2 aromatic carbocycles. The molecule has 8 heteroatoms.